The summed E-state index contributed by atoms with van der Waals surface area (Å²) in [5.74, 6) is 0.842. The maximum Gasteiger partial charge on any atom is 0.191 e. The fourth-order valence-corrected chi connectivity index (χ4v) is 3.00. The summed E-state index contributed by atoms with van der Waals surface area (Å²) in [7, 11) is 0. The average molecular weight is 460 g/mol. The first-order valence-corrected chi connectivity index (χ1v) is 9.27. The van der Waals surface area contributed by atoms with Crippen molar-refractivity contribution >= 4 is 29.9 Å². The highest BCUT2D eigenvalue weighted by Crippen LogP contribution is 2.15. The zero-order valence-corrected chi connectivity index (χ0v) is 17.6. The van der Waals surface area contributed by atoms with Crippen LogP contribution in [-0.4, -0.2) is 55.2 Å². The topological polar surface area (TPSA) is 59.9 Å². The second kappa shape index (κ2) is 13.4. The number of hydrogen-bond donors (Lipinski definition) is 3. The second-order valence-corrected chi connectivity index (χ2v) is 6.30. The molecule has 6 heteroatoms. The van der Waals surface area contributed by atoms with Gasteiger partial charge in [0.15, 0.2) is 5.96 Å². The molecule has 1 saturated heterocycles. The lowest BCUT2D eigenvalue weighted by Gasteiger charge is -2.26. The standard InChI is InChI=1S/C19H32N4O.HI/c1-2-20-19(22-13-16-23-14-7-4-8-15-23)21-12-11-18(24)17-9-5-3-6-10-17;/h3,5-6,9-10,18,24H,2,4,7-8,11-16H2,1H3,(H2,20,21,22);1H. The lowest BCUT2D eigenvalue weighted by molar-refractivity contribution is 0.170. The summed E-state index contributed by atoms with van der Waals surface area (Å²) >= 11 is 0. The van der Waals surface area contributed by atoms with Gasteiger partial charge >= 0.3 is 0 Å². The molecule has 0 radical (unpaired) electrons. The van der Waals surface area contributed by atoms with Crippen LogP contribution in [0.25, 0.3) is 0 Å². The Hall–Kier alpha value is -0.860. The number of rotatable bonds is 8. The number of aliphatic hydroxyl groups excluding tert-OH is 1. The van der Waals surface area contributed by atoms with Gasteiger partial charge < -0.3 is 20.6 Å². The van der Waals surface area contributed by atoms with E-state index >= 15 is 0 Å². The number of halogens is 1. The molecule has 1 aliphatic rings. The summed E-state index contributed by atoms with van der Waals surface area (Å²) in [6, 6.07) is 9.78. The Labute approximate surface area is 169 Å². The van der Waals surface area contributed by atoms with Crippen molar-refractivity contribution in [2.45, 2.75) is 38.7 Å². The molecule has 0 bridgehead atoms. The van der Waals surface area contributed by atoms with E-state index in [-0.39, 0.29) is 24.0 Å². The Morgan fingerprint density at radius 2 is 1.88 bits per heavy atom. The van der Waals surface area contributed by atoms with Gasteiger partial charge in [-0.2, -0.15) is 0 Å². The van der Waals surface area contributed by atoms with Gasteiger partial charge in [-0.15, -0.1) is 24.0 Å². The summed E-state index contributed by atoms with van der Waals surface area (Å²) in [5, 5.41) is 16.9. The van der Waals surface area contributed by atoms with Crippen molar-refractivity contribution < 1.29 is 5.11 Å². The molecule has 2 rings (SSSR count). The van der Waals surface area contributed by atoms with Gasteiger partial charge in [0, 0.05) is 26.2 Å². The number of hydrogen-bond acceptors (Lipinski definition) is 3. The maximum atomic E-state index is 10.2. The fourth-order valence-electron chi connectivity index (χ4n) is 3.00. The van der Waals surface area contributed by atoms with Gasteiger partial charge in [0.1, 0.15) is 0 Å². The van der Waals surface area contributed by atoms with Crippen LogP contribution in [0.3, 0.4) is 0 Å². The molecule has 1 heterocycles. The molecule has 0 spiro atoms. The Morgan fingerprint density at radius 3 is 2.56 bits per heavy atom. The SMILES string of the molecule is CCNC(=NCCC(O)c1ccccc1)NCCN1CCCCC1.I. The molecule has 5 nitrogen and oxygen atoms in total. The van der Waals surface area contributed by atoms with Crippen molar-refractivity contribution in [3.63, 3.8) is 0 Å². The normalized spacial score (nSPS) is 16.8. The van der Waals surface area contributed by atoms with Gasteiger partial charge in [-0.25, -0.2) is 0 Å². The van der Waals surface area contributed by atoms with Crippen molar-refractivity contribution in [3.05, 3.63) is 35.9 Å². The van der Waals surface area contributed by atoms with E-state index in [1.807, 2.05) is 30.3 Å². The van der Waals surface area contributed by atoms with E-state index in [4.69, 9.17) is 0 Å². The van der Waals surface area contributed by atoms with Crippen LogP contribution in [0.2, 0.25) is 0 Å². The first kappa shape index (κ1) is 22.2. The predicted octanol–water partition coefficient (Wildman–Crippen LogP) is 2.77. The summed E-state index contributed by atoms with van der Waals surface area (Å²) in [4.78, 5) is 7.09. The third-order valence-electron chi connectivity index (χ3n) is 4.37. The molecular formula is C19H33IN4O. The van der Waals surface area contributed by atoms with Crippen LogP contribution in [0.4, 0.5) is 0 Å². The number of benzene rings is 1. The number of nitrogens with zero attached hydrogens (tertiary/aromatic N) is 2. The lowest BCUT2D eigenvalue weighted by Crippen LogP contribution is -2.42. The third kappa shape index (κ3) is 8.87. The van der Waals surface area contributed by atoms with E-state index in [2.05, 4.69) is 27.4 Å². The molecule has 1 aliphatic heterocycles. The summed E-state index contributed by atoms with van der Waals surface area (Å²) in [6.45, 7) is 7.94. The number of piperidine rings is 1. The Kier molecular flexibility index (Phi) is 11.9. The van der Waals surface area contributed by atoms with Crippen LogP contribution in [-0.2, 0) is 0 Å². The van der Waals surface area contributed by atoms with Gasteiger partial charge in [-0.05, 0) is 44.8 Å². The Morgan fingerprint density at radius 1 is 1.16 bits per heavy atom. The first-order chi connectivity index (χ1) is 11.8. The van der Waals surface area contributed by atoms with Gasteiger partial charge in [0.2, 0.25) is 0 Å². The molecule has 1 unspecified atom stereocenters. The maximum absolute atomic E-state index is 10.2. The number of aliphatic imine (C=N–C) groups is 1. The van der Waals surface area contributed by atoms with E-state index in [0.717, 1.165) is 31.2 Å². The minimum atomic E-state index is -0.453. The minimum Gasteiger partial charge on any atom is -0.388 e. The fraction of sp³-hybridized carbons (Fsp3) is 0.632. The molecule has 142 valence electrons. The molecule has 1 aromatic carbocycles. The number of aliphatic hydroxyl groups is 1. The van der Waals surface area contributed by atoms with E-state index in [9.17, 15) is 5.11 Å². The van der Waals surface area contributed by atoms with Crippen LogP contribution in [0.1, 0.15) is 44.3 Å². The number of guanidine groups is 1. The monoisotopic (exact) mass is 460 g/mol. The van der Waals surface area contributed by atoms with Gasteiger partial charge in [0.25, 0.3) is 0 Å². The highest BCUT2D eigenvalue weighted by atomic mass is 127. The number of likely N-dealkylation sites (tertiary alicyclic amines) is 1. The molecule has 1 fully saturated rings. The first-order valence-electron chi connectivity index (χ1n) is 9.27. The summed E-state index contributed by atoms with van der Waals surface area (Å²) < 4.78 is 0. The average Bonchev–Trinajstić information content (AvgIpc) is 2.63. The van der Waals surface area contributed by atoms with Crippen molar-refractivity contribution in [2.24, 2.45) is 4.99 Å². The van der Waals surface area contributed by atoms with Crippen LogP contribution < -0.4 is 10.6 Å². The molecule has 1 atom stereocenters. The van der Waals surface area contributed by atoms with Crippen molar-refractivity contribution in [2.75, 3.05) is 39.3 Å². The van der Waals surface area contributed by atoms with E-state index in [0.29, 0.717) is 13.0 Å². The van der Waals surface area contributed by atoms with Crippen LogP contribution in [0.15, 0.2) is 35.3 Å². The molecule has 3 N–H and O–H groups in total. The lowest BCUT2D eigenvalue weighted by atomic mass is 10.1. The van der Waals surface area contributed by atoms with Crippen molar-refractivity contribution in [1.82, 2.24) is 15.5 Å². The van der Waals surface area contributed by atoms with Crippen LogP contribution >= 0.6 is 24.0 Å². The highest BCUT2D eigenvalue weighted by molar-refractivity contribution is 14.0. The quantitative estimate of drug-likeness (QED) is 0.317. The molecule has 0 aromatic heterocycles. The largest absolute Gasteiger partial charge is 0.388 e. The smallest absolute Gasteiger partial charge is 0.191 e. The highest BCUT2D eigenvalue weighted by Gasteiger charge is 2.10. The third-order valence-corrected chi connectivity index (χ3v) is 4.37. The van der Waals surface area contributed by atoms with E-state index in [1.165, 1.54) is 32.4 Å². The molecule has 25 heavy (non-hydrogen) atoms. The van der Waals surface area contributed by atoms with Crippen LogP contribution in [0, 0.1) is 0 Å². The van der Waals surface area contributed by atoms with E-state index in [1.54, 1.807) is 0 Å². The molecule has 0 amide bonds. The zero-order valence-electron chi connectivity index (χ0n) is 15.3. The molecular weight excluding hydrogens is 427 g/mol. The van der Waals surface area contributed by atoms with E-state index < -0.39 is 6.10 Å². The zero-order chi connectivity index (χ0) is 17.0. The predicted molar refractivity (Wildman–Crippen MR) is 116 cm³/mol. The Balaban J connectivity index is 0.00000312. The van der Waals surface area contributed by atoms with Gasteiger partial charge in [-0.3, -0.25) is 4.99 Å². The molecule has 0 aliphatic carbocycles. The Bertz CT molecular complexity index is 478. The molecule has 0 saturated carbocycles. The van der Waals surface area contributed by atoms with Gasteiger partial charge in [0.05, 0.1) is 6.10 Å². The van der Waals surface area contributed by atoms with Crippen molar-refractivity contribution in [1.29, 1.82) is 0 Å². The summed E-state index contributed by atoms with van der Waals surface area (Å²) in [6.07, 6.45) is 4.20. The number of nitrogens with one attached hydrogen (secondary N) is 2. The van der Waals surface area contributed by atoms with Gasteiger partial charge in [-0.1, -0.05) is 36.8 Å². The summed E-state index contributed by atoms with van der Waals surface area (Å²) in [5.41, 5.74) is 0.954. The van der Waals surface area contributed by atoms with Crippen LogP contribution in [0.5, 0.6) is 0 Å². The minimum absolute atomic E-state index is 0. The second-order valence-electron chi connectivity index (χ2n) is 6.30. The van der Waals surface area contributed by atoms with Crippen molar-refractivity contribution in [3.8, 4) is 0 Å². The molecule has 1 aromatic rings.